The smallest absolute Gasteiger partial charge is 0.206 e. The van der Waals surface area contributed by atoms with Crippen LogP contribution in [0.5, 0.6) is 0 Å². The van der Waals surface area contributed by atoms with Crippen molar-refractivity contribution in [1.29, 1.82) is 0 Å². The van der Waals surface area contributed by atoms with Gasteiger partial charge in [0, 0.05) is 80.8 Å². The van der Waals surface area contributed by atoms with Gasteiger partial charge >= 0.3 is 0 Å². The van der Waals surface area contributed by atoms with Crippen LogP contribution in [0.3, 0.4) is 0 Å². The Morgan fingerprint density at radius 1 is 0.564 bits per heavy atom. The number of thioether (sulfide) groups is 4. The third-order valence-corrected chi connectivity index (χ3v) is 15.6. The minimum atomic E-state index is -0.0352. The summed E-state index contributed by atoms with van der Waals surface area (Å²) < 4.78 is 2.81. The summed E-state index contributed by atoms with van der Waals surface area (Å²) in [7, 11) is 0. The third kappa shape index (κ3) is 10.8. The van der Waals surface area contributed by atoms with Gasteiger partial charge < -0.3 is 9.80 Å². The van der Waals surface area contributed by atoms with E-state index in [1.54, 1.807) is 0 Å². The number of benzene rings is 2. The normalized spacial score (nSPS) is 20.3. The van der Waals surface area contributed by atoms with E-state index in [1.165, 1.54) is 103 Å². The highest BCUT2D eigenvalue weighted by Crippen LogP contribution is 2.49. The molecule has 2 aromatic rings. The van der Waals surface area contributed by atoms with Gasteiger partial charge in [-0.25, -0.2) is 4.58 Å². The fourth-order valence-electron chi connectivity index (χ4n) is 8.63. The Bertz CT molecular complexity index is 1590. The molecule has 3 nitrogen and oxygen atoms in total. The quantitative estimate of drug-likeness (QED) is 0.0966. The van der Waals surface area contributed by atoms with E-state index in [9.17, 15) is 0 Å². The van der Waals surface area contributed by atoms with Crippen LogP contribution in [0.25, 0.3) is 0 Å². The molecule has 0 radical (unpaired) electrons. The lowest BCUT2D eigenvalue weighted by molar-refractivity contribution is -0.517. The molecule has 2 aromatic carbocycles. The number of fused-ring (bicyclic) bond motifs is 2. The Labute approximate surface area is 353 Å². The number of para-hydroxylation sites is 2. The standard InChI is InChI=1S/C48H70N3S4/c1-9-28-50-42-22-15-13-20-40(42)47(5,6)44(50)26-24-38-18-17-19-39(25-27-45-48(7,8)41-21-14-16-23-43(41)51(45)29-10-2)46(38)49(30-32-54-36-34-52-11-3)31-33-55-37-35-53-12-4/h13-16,20-27H,9-12,17-19,28-37H2,1-8H3/q+1. The van der Waals surface area contributed by atoms with Crippen LogP contribution in [0.1, 0.15) is 98.6 Å². The predicted octanol–water partition coefficient (Wildman–Crippen LogP) is 12.6. The molecule has 2 heterocycles. The monoisotopic (exact) mass is 816 g/mol. The van der Waals surface area contributed by atoms with E-state index in [2.05, 4.69) is 190 Å². The van der Waals surface area contributed by atoms with Gasteiger partial charge in [0.15, 0.2) is 13.1 Å². The lowest BCUT2D eigenvalue weighted by atomic mass is 9.82. The maximum absolute atomic E-state index is 2.81. The summed E-state index contributed by atoms with van der Waals surface area (Å²) in [5, 5.41) is 0. The lowest BCUT2D eigenvalue weighted by Crippen LogP contribution is -2.31. The molecule has 0 N–H and O–H groups in total. The molecule has 300 valence electrons. The number of hydrogen-bond donors (Lipinski definition) is 0. The van der Waals surface area contributed by atoms with Gasteiger partial charge in [0.1, 0.15) is 0 Å². The molecule has 0 atom stereocenters. The van der Waals surface area contributed by atoms with Crippen molar-refractivity contribution in [3.63, 3.8) is 0 Å². The summed E-state index contributed by atoms with van der Waals surface area (Å²) in [6.07, 6.45) is 15.8. The Balaban J connectivity index is 1.60. The molecule has 7 heteroatoms. The second-order valence-electron chi connectivity index (χ2n) is 15.9. The molecule has 1 fully saturated rings. The van der Waals surface area contributed by atoms with Crippen molar-refractivity contribution in [2.24, 2.45) is 0 Å². The highest BCUT2D eigenvalue weighted by atomic mass is 32.2. The Kier molecular flexibility index (Phi) is 17.4. The first-order valence-corrected chi connectivity index (χ1v) is 25.8. The number of hydrogen-bond acceptors (Lipinski definition) is 6. The molecule has 0 bridgehead atoms. The van der Waals surface area contributed by atoms with E-state index >= 15 is 0 Å². The molecule has 3 aliphatic rings. The molecule has 5 rings (SSSR count). The zero-order chi connectivity index (χ0) is 39.3. The van der Waals surface area contributed by atoms with E-state index in [0.717, 1.165) is 51.9 Å². The highest BCUT2D eigenvalue weighted by molar-refractivity contribution is 8.03. The van der Waals surface area contributed by atoms with Crippen molar-refractivity contribution in [2.45, 2.75) is 98.3 Å². The van der Waals surface area contributed by atoms with Crippen molar-refractivity contribution in [3.8, 4) is 0 Å². The average Bonchev–Trinajstić information content (AvgIpc) is 3.53. The average molecular weight is 817 g/mol. The zero-order valence-corrected chi connectivity index (χ0v) is 38.7. The van der Waals surface area contributed by atoms with Crippen LogP contribution in [-0.4, -0.2) is 82.5 Å². The van der Waals surface area contributed by atoms with Crippen LogP contribution >= 0.6 is 47.0 Å². The zero-order valence-electron chi connectivity index (χ0n) is 35.4. The van der Waals surface area contributed by atoms with Crippen LogP contribution < -0.4 is 9.80 Å². The Morgan fingerprint density at radius 3 is 1.40 bits per heavy atom. The predicted molar refractivity (Wildman–Crippen MR) is 256 cm³/mol. The topological polar surface area (TPSA) is 9.49 Å². The Morgan fingerprint density at radius 2 is 0.982 bits per heavy atom. The van der Waals surface area contributed by atoms with E-state index in [1.807, 2.05) is 0 Å². The molecule has 1 saturated carbocycles. The minimum absolute atomic E-state index is 0.0352. The van der Waals surface area contributed by atoms with Crippen molar-refractivity contribution in [1.82, 2.24) is 0 Å². The molecule has 0 amide bonds. The van der Waals surface area contributed by atoms with Crippen LogP contribution in [0.2, 0.25) is 0 Å². The van der Waals surface area contributed by atoms with Gasteiger partial charge in [-0.2, -0.15) is 47.0 Å². The maximum Gasteiger partial charge on any atom is 0.206 e. The summed E-state index contributed by atoms with van der Waals surface area (Å²) in [5.74, 6) is 9.73. The van der Waals surface area contributed by atoms with Crippen LogP contribution in [0, 0.1) is 0 Å². The summed E-state index contributed by atoms with van der Waals surface area (Å²) in [4.78, 5) is 5.21. The van der Waals surface area contributed by atoms with Gasteiger partial charge in [-0.15, -0.1) is 0 Å². The minimum Gasteiger partial charge on any atom is -0.344 e. The van der Waals surface area contributed by atoms with Crippen molar-refractivity contribution in [2.75, 3.05) is 82.0 Å². The van der Waals surface area contributed by atoms with E-state index in [0.29, 0.717) is 0 Å². The molecular formula is C48H70N3S4+. The molecular weight excluding hydrogens is 747 g/mol. The number of allylic oxidation sites excluding steroid dienone is 8. The number of anilines is 2. The van der Waals surface area contributed by atoms with E-state index in [4.69, 9.17) is 0 Å². The third-order valence-electron chi connectivity index (χ3n) is 11.4. The van der Waals surface area contributed by atoms with Crippen LogP contribution in [0.15, 0.2) is 95.4 Å². The largest absolute Gasteiger partial charge is 0.344 e. The highest BCUT2D eigenvalue weighted by Gasteiger charge is 2.41. The van der Waals surface area contributed by atoms with Crippen LogP contribution in [0.4, 0.5) is 11.4 Å². The lowest BCUT2D eigenvalue weighted by Gasteiger charge is -2.27. The number of nitrogens with zero attached hydrogens (tertiary/aromatic N) is 3. The second-order valence-corrected chi connectivity index (χ2v) is 21.1. The molecule has 0 aromatic heterocycles. The summed E-state index contributed by atoms with van der Waals surface area (Å²) >= 11 is 8.42. The molecule has 0 unspecified atom stereocenters. The summed E-state index contributed by atoms with van der Waals surface area (Å²) in [6, 6.07) is 18.2. The molecule has 55 heavy (non-hydrogen) atoms. The van der Waals surface area contributed by atoms with Gasteiger partial charge in [-0.05, 0) is 79.0 Å². The van der Waals surface area contributed by atoms with Crippen molar-refractivity contribution in [3.05, 3.63) is 107 Å². The van der Waals surface area contributed by atoms with Gasteiger partial charge in [0.25, 0.3) is 0 Å². The van der Waals surface area contributed by atoms with Crippen LogP contribution in [-0.2, 0) is 10.8 Å². The van der Waals surface area contributed by atoms with Gasteiger partial charge in [-0.1, -0.05) is 104 Å². The SMILES string of the molecule is CCCN1/C(=C/C=C2\CCC/C(=C\C=C3\N(CCC)c4ccccc4C3(C)C)C2=[N+](CCSCCSCC)CCSCCSCC)C(C)(C)c2ccccc21. The van der Waals surface area contributed by atoms with Crippen molar-refractivity contribution >= 4 is 64.1 Å². The molecule has 1 aliphatic carbocycles. The first kappa shape index (κ1) is 44.2. The first-order valence-electron chi connectivity index (χ1n) is 21.2. The molecule has 2 aliphatic heterocycles. The van der Waals surface area contributed by atoms with Gasteiger partial charge in [-0.3, -0.25) is 0 Å². The van der Waals surface area contributed by atoms with E-state index < -0.39 is 0 Å². The summed E-state index contributed by atoms with van der Waals surface area (Å²) in [5.41, 5.74) is 13.0. The van der Waals surface area contributed by atoms with Crippen molar-refractivity contribution < 1.29 is 4.58 Å². The molecule has 0 saturated heterocycles. The first-order chi connectivity index (χ1) is 26.7. The fourth-order valence-corrected chi connectivity index (χ4v) is 12.2. The maximum atomic E-state index is 2.81. The van der Waals surface area contributed by atoms with Gasteiger partial charge in [0.05, 0.1) is 11.5 Å². The fraction of sp³-hybridized carbons (Fsp3) is 0.562. The second kappa shape index (κ2) is 21.7. The Hall–Kier alpha value is -1.93. The molecule has 0 spiro atoms. The number of rotatable bonds is 20. The van der Waals surface area contributed by atoms with E-state index in [-0.39, 0.29) is 10.8 Å². The summed E-state index contributed by atoms with van der Waals surface area (Å²) in [6.45, 7) is 23.2. The van der Waals surface area contributed by atoms with Gasteiger partial charge in [0.2, 0.25) is 5.71 Å².